The molecule has 0 aliphatic carbocycles. The molecular formula is C18H21FN4O2. The van der Waals surface area contributed by atoms with Gasteiger partial charge >= 0.3 is 6.03 Å². The molecule has 2 N–H and O–H groups in total. The van der Waals surface area contributed by atoms with Crippen LogP contribution in [0.4, 0.5) is 14.9 Å². The van der Waals surface area contributed by atoms with Gasteiger partial charge < -0.3 is 20.1 Å². The van der Waals surface area contributed by atoms with Gasteiger partial charge in [-0.25, -0.2) is 9.18 Å². The van der Waals surface area contributed by atoms with E-state index in [1.807, 2.05) is 6.92 Å². The molecule has 6 nitrogen and oxygen atoms in total. The number of carbonyl (C=O) groups is 2. The topological polar surface area (TPSA) is 66.4 Å². The zero-order valence-electron chi connectivity index (χ0n) is 14.0. The molecule has 0 radical (unpaired) electrons. The van der Waals surface area contributed by atoms with Crippen LogP contribution in [0.3, 0.4) is 0 Å². The Morgan fingerprint density at radius 2 is 2.04 bits per heavy atom. The van der Waals surface area contributed by atoms with Crippen molar-refractivity contribution >= 4 is 17.6 Å². The number of rotatable bonds is 4. The van der Waals surface area contributed by atoms with Crippen LogP contribution in [-0.4, -0.2) is 40.5 Å². The summed E-state index contributed by atoms with van der Waals surface area (Å²) in [7, 11) is 0. The van der Waals surface area contributed by atoms with E-state index in [2.05, 4.69) is 10.6 Å². The summed E-state index contributed by atoms with van der Waals surface area (Å²) in [6.45, 7) is 3.01. The highest BCUT2D eigenvalue weighted by molar-refractivity contribution is 5.90. The molecule has 1 aliphatic rings. The molecule has 0 spiro atoms. The number of urea groups is 1. The minimum atomic E-state index is -0.369. The van der Waals surface area contributed by atoms with E-state index in [4.69, 9.17) is 0 Å². The summed E-state index contributed by atoms with van der Waals surface area (Å²) in [6.07, 6.45) is 4.67. The maximum atomic E-state index is 14.0. The van der Waals surface area contributed by atoms with Gasteiger partial charge in [-0.3, -0.25) is 4.79 Å². The van der Waals surface area contributed by atoms with Gasteiger partial charge in [0.15, 0.2) is 0 Å². The first-order valence-electron chi connectivity index (χ1n) is 8.35. The minimum absolute atomic E-state index is 0.0696. The van der Waals surface area contributed by atoms with Gasteiger partial charge in [0.1, 0.15) is 5.82 Å². The maximum Gasteiger partial charge on any atom is 0.319 e. The van der Waals surface area contributed by atoms with E-state index in [0.717, 1.165) is 6.42 Å². The fourth-order valence-electron chi connectivity index (χ4n) is 2.96. The monoisotopic (exact) mass is 344 g/mol. The van der Waals surface area contributed by atoms with E-state index in [0.29, 0.717) is 30.9 Å². The number of nitrogens with one attached hydrogen (secondary N) is 2. The Labute approximate surface area is 145 Å². The van der Waals surface area contributed by atoms with Gasteiger partial charge in [0.2, 0.25) is 5.91 Å². The van der Waals surface area contributed by atoms with E-state index in [9.17, 15) is 14.0 Å². The van der Waals surface area contributed by atoms with Gasteiger partial charge in [-0.15, -0.1) is 0 Å². The first-order valence-corrected chi connectivity index (χ1v) is 8.35. The molecule has 2 heterocycles. The van der Waals surface area contributed by atoms with Crippen molar-refractivity contribution in [1.82, 2.24) is 14.8 Å². The van der Waals surface area contributed by atoms with E-state index in [-0.39, 0.29) is 23.8 Å². The molecule has 132 valence electrons. The predicted molar refractivity (Wildman–Crippen MR) is 93.2 cm³/mol. The van der Waals surface area contributed by atoms with Gasteiger partial charge in [0.25, 0.3) is 0 Å². The van der Waals surface area contributed by atoms with Crippen molar-refractivity contribution in [2.45, 2.75) is 25.8 Å². The molecule has 7 heteroatoms. The molecule has 25 heavy (non-hydrogen) atoms. The quantitative estimate of drug-likeness (QED) is 0.896. The lowest BCUT2D eigenvalue weighted by Crippen LogP contribution is -2.40. The molecule has 0 unspecified atom stereocenters. The van der Waals surface area contributed by atoms with Gasteiger partial charge in [0.05, 0.1) is 5.69 Å². The third-order valence-electron chi connectivity index (χ3n) is 4.27. The van der Waals surface area contributed by atoms with Crippen LogP contribution >= 0.6 is 0 Å². The average molecular weight is 344 g/mol. The van der Waals surface area contributed by atoms with E-state index in [1.54, 1.807) is 40.1 Å². The molecule has 1 atom stereocenters. The van der Waals surface area contributed by atoms with Gasteiger partial charge in [-0.1, -0.05) is 6.92 Å². The van der Waals surface area contributed by atoms with Crippen LogP contribution in [0.25, 0.3) is 5.69 Å². The highest BCUT2D eigenvalue weighted by Gasteiger charge is 2.26. The summed E-state index contributed by atoms with van der Waals surface area (Å²) in [5, 5.41) is 5.58. The fourth-order valence-corrected chi connectivity index (χ4v) is 2.96. The third kappa shape index (κ3) is 3.99. The Morgan fingerprint density at radius 1 is 1.28 bits per heavy atom. The van der Waals surface area contributed by atoms with Crippen LogP contribution in [0.5, 0.6) is 0 Å². The molecule has 1 aliphatic heterocycles. The second-order valence-electron chi connectivity index (χ2n) is 6.03. The molecular weight excluding hydrogens is 323 g/mol. The van der Waals surface area contributed by atoms with Crippen LogP contribution in [0.1, 0.15) is 19.8 Å². The number of hydrogen-bond donors (Lipinski definition) is 2. The highest BCUT2D eigenvalue weighted by atomic mass is 19.1. The van der Waals surface area contributed by atoms with Crippen molar-refractivity contribution in [3.63, 3.8) is 0 Å². The van der Waals surface area contributed by atoms with Crippen molar-refractivity contribution in [1.29, 1.82) is 0 Å². The van der Waals surface area contributed by atoms with Crippen LogP contribution < -0.4 is 10.6 Å². The smallest absolute Gasteiger partial charge is 0.319 e. The number of halogens is 1. The molecule has 0 bridgehead atoms. The molecule has 0 saturated carbocycles. The summed E-state index contributed by atoms with van der Waals surface area (Å²) in [5.74, 6) is -0.272. The lowest BCUT2D eigenvalue weighted by Gasteiger charge is -2.17. The molecule has 3 amide bonds. The second kappa shape index (κ2) is 7.38. The van der Waals surface area contributed by atoms with E-state index in [1.165, 1.54) is 12.1 Å². The second-order valence-corrected chi connectivity index (χ2v) is 6.03. The Morgan fingerprint density at radius 3 is 2.76 bits per heavy atom. The largest absolute Gasteiger partial charge is 0.341 e. The standard InChI is InChI=1S/C18H21FN4O2/c1-2-17(24)23-10-7-14(12-23)21-18(25)20-13-5-6-15(19)16(11-13)22-8-3-4-9-22/h3-6,8-9,11,14H,2,7,10,12H2,1H3,(H2,20,21,25)/t14-/m1/s1. The van der Waals surface area contributed by atoms with E-state index >= 15 is 0 Å². The number of amides is 3. The summed E-state index contributed by atoms with van der Waals surface area (Å²) in [4.78, 5) is 25.6. The number of aromatic nitrogens is 1. The van der Waals surface area contributed by atoms with Gasteiger partial charge in [-0.05, 0) is 36.8 Å². The number of hydrogen-bond acceptors (Lipinski definition) is 2. The molecule has 1 aromatic heterocycles. The molecule has 1 aromatic carbocycles. The lowest BCUT2D eigenvalue weighted by atomic mass is 10.2. The van der Waals surface area contributed by atoms with E-state index < -0.39 is 0 Å². The van der Waals surface area contributed by atoms with Gasteiger partial charge in [0, 0.05) is 43.6 Å². The van der Waals surface area contributed by atoms with Crippen LogP contribution in [0.15, 0.2) is 42.7 Å². The number of anilines is 1. The first-order chi connectivity index (χ1) is 12.1. The number of likely N-dealkylation sites (tertiary alicyclic amines) is 1. The van der Waals surface area contributed by atoms with Crippen molar-refractivity contribution in [2.24, 2.45) is 0 Å². The van der Waals surface area contributed by atoms with Crippen LogP contribution in [0.2, 0.25) is 0 Å². The lowest BCUT2D eigenvalue weighted by molar-refractivity contribution is -0.129. The van der Waals surface area contributed by atoms with Crippen molar-refractivity contribution in [2.75, 3.05) is 18.4 Å². The zero-order chi connectivity index (χ0) is 17.8. The number of nitrogens with zero attached hydrogens (tertiary/aromatic N) is 2. The van der Waals surface area contributed by atoms with Crippen molar-refractivity contribution in [3.05, 3.63) is 48.5 Å². The molecule has 2 aromatic rings. The number of carbonyl (C=O) groups excluding carboxylic acids is 2. The fraction of sp³-hybridized carbons (Fsp3) is 0.333. The first kappa shape index (κ1) is 17.0. The van der Waals surface area contributed by atoms with Crippen molar-refractivity contribution in [3.8, 4) is 5.69 Å². The minimum Gasteiger partial charge on any atom is -0.341 e. The highest BCUT2D eigenvalue weighted by Crippen LogP contribution is 2.19. The predicted octanol–water partition coefficient (Wildman–Crippen LogP) is 2.75. The summed E-state index contributed by atoms with van der Waals surface area (Å²) in [6, 6.07) is 7.59. The normalized spacial score (nSPS) is 16.7. The Hall–Kier alpha value is -2.83. The molecule has 1 fully saturated rings. The summed E-state index contributed by atoms with van der Waals surface area (Å²) >= 11 is 0. The summed E-state index contributed by atoms with van der Waals surface area (Å²) < 4.78 is 15.6. The van der Waals surface area contributed by atoms with Gasteiger partial charge in [-0.2, -0.15) is 0 Å². The Kier molecular flexibility index (Phi) is 5.02. The number of benzene rings is 1. The van der Waals surface area contributed by atoms with Crippen LogP contribution in [0, 0.1) is 5.82 Å². The SMILES string of the molecule is CCC(=O)N1CC[C@@H](NC(=O)Nc2ccc(F)c(-n3cccc3)c2)C1. The third-order valence-corrected chi connectivity index (χ3v) is 4.27. The zero-order valence-corrected chi connectivity index (χ0v) is 14.0. The van der Waals surface area contributed by atoms with Crippen LogP contribution in [-0.2, 0) is 4.79 Å². The molecule has 1 saturated heterocycles. The average Bonchev–Trinajstić information content (AvgIpc) is 3.27. The Bertz CT molecular complexity index is 760. The maximum absolute atomic E-state index is 14.0. The summed E-state index contributed by atoms with van der Waals surface area (Å²) in [5.41, 5.74) is 0.866. The Balaban J connectivity index is 1.60. The molecule has 3 rings (SSSR count). The van der Waals surface area contributed by atoms with Crippen molar-refractivity contribution < 1.29 is 14.0 Å².